The van der Waals surface area contributed by atoms with Gasteiger partial charge in [-0.25, -0.2) is 0 Å². The molecular formula is C19H15NO2. The number of nitrogens with zero attached hydrogens (tertiary/aromatic N) is 1. The fourth-order valence-electron chi connectivity index (χ4n) is 2.98. The second-order valence-corrected chi connectivity index (χ2v) is 5.56. The van der Waals surface area contributed by atoms with Gasteiger partial charge in [0.25, 0.3) is 0 Å². The molecule has 4 rings (SSSR count). The van der Waals surface area contributed by atoms with E-state index in [4.69, 9.17) is 4.74 Å². The minimum atomic E-state index is -1.04. The predicted octanol–water partition coefficient (Wildman–Crippen LogP) is 3.97. The first-order valence-electron chi connectivity index (χ1n) is 7.26. The third kappa shape index (κ3) is 1.72. The van der Waals surface area contributed by atoms with Crippen molar-refractivity contribution in [3.63, 3.8) is 0 Å². The molecule has 108 valence electrons. The summed E-state index contributed by atoms with van der Waals surface area (Å²) in [6.07, 6.45) is 1.90. The van der Waals surface area contributed by atoms with Gasteiger partial charge in [-0.3, -0.25) is 4.79 Å². The monoisotopic (exact) mass is 289 g/mol. The van der Waals surface area contributed by atoms with Gasteiger partial charge in [0.1, 0.15) is 5.75 Å². The molecule has 1 aliphatic heterocycles. The van der Waals surface area contributed by atoms with Gasteiger partial charge in [0.2, 0.25) is 5.78 Å². The normalized spacial score (nSPS) is 19.8. The Labute approximate surface area is 128 Å². The van der Waals surface area contributed by atoms with E-state index in [0.717, 1.165) is 11.3 Å². The molecule has 0 spiro atoms. The largest absolute Gasteiger partial charge is 0.472 e. The zero-order valence-electron chi connectivity index (χ0n) is 12.2. The number of Topliss-reactive ketones (excluding diaryl/α,β-unsaturated/α-hetero) is 1. The zero-order valence-corrected chi connectivity index (χ0v) is 12.2. The van der Waals surface area contributed by atoms with Crippen molar-refractivity contribution in [3.05, 3.63) is 84.2 Å². The molecule has 3 nitrogen and oxygen atoms in total. The Kier molecular flexibility index (Phi) is 2.70. The lowest BCUT2D eigenvalue weighted by Gasteiger charge is -2.28. The lowest BCUT2D eigenvalue weighted by molar-refractivity contribution is 0.0518. The highest BCUT2D eigenvalue weighted by Gasteiger charge is 2.42. The number of ether oxygens (including phenoxy) is 1. The minimum Gasteiger partial charge on any atom is -0.472 e. The van der Waals surface area contributed by atoms with Crippen molar-refractivity contribution in [2.45, 2.75) is 12.5 Å². The predicted molar refractivity (Wildman–Crippen MR) is 84.5 cm³/mol. The summed E-state index contributed by atoms with van der Waals surface area (Å²) in [7, 11) is 0. The van der Waals surface area contributed by atoms with Crippen molar-refractivity contribution in [1.29, 1.82) is 0 Å². The maximum atomic E-state index is 13.1. The van der Waals surface area contributed by atoms with Crippen molar-refractivity contribution >= 4 is 5.78 Å². The van der Waals surface area contributed by atoms with Crippen molar-refractivity contribution in [2.24, 2.45) is 0 Å². The third-order valence-electron chi connectivity index (χ3n) is 4.18. The number of carbonyl (C=O) groups is 1. The van der Waals surface area contributed by atoms with Crippen molar-refractivity contribution in [2.75, 3.05) is 0 Å². The van der Waals surface area contributed by atoms with Gasteiger partial charge in [-0.15, -0.1) is 0 Å². The van der Waals surface area contributed by atoms with E-state index in [9.17, 15) is 4.79 Å². The topological polar surface area (TPSA) is 31.2 Å². The number of aromatic nitrogens is 1. The van der Waals surface area contributed by atoms with E-state index in [1.165, 1.54) is 0 Å². The first kappa shape index (κ1) is 12.9. The van der Waals surface area contributed by atoms with E-state index in [2.05, 4.69) is 0 Å². The highest BCUT2D eigenvalue weighted by Crippen LogP contribution is 2.38. The number of hydrogen-bond acceptors (Lipinski definition) is 2. The van der Waals surface area contributed by atoms with Crippen LogP contribution in [0.1, 0.15) is 23.0 Å². The molecule has 3 heteroatoms. The summed E-state index contributed by atoms with van der Waals surface area (Å²) in [6.45, 7) is 1.84. The third-order valence-corrected chi connectivity index (χ3v) is 4.18. The molecule has 3 aromatic rings. The molecule has 0 fully saturated rings. The fraction of sp³-hybridized carbons (Fsp3) is 0.105. The molecule has 2 aromatic carbocycles. The molecule has 0 saturated carbocycles. The molecule has 0 unspecified atom stereocenters. The molecule has 1 aliphatic rings. The molecule has 1 atom stereocenters. The molecule has 0 aliphatic carbocycles. The van der Waals surface area contributed by atoms with Gasteiger partial charge in [-0.1, -0.05) is 42.5 Å². The van der Waals surface area contributed by atoms with Gasteiger partial charge in [0, 0.05) is 11.8 Å². The average Bonchev–Trinajstić information content (AvgIpc) is 3.01. The van der Waals surface area contributed by atoms with E-state index < -0.39 is 5.60 Å². The zero-order chi connectivity index (χ0) is 15.2. The van der Waals surface area contributed by atoms with E-state index in [0.29, 0.717) is 11.4 Å². The maximum absolute atomic E-state index is 13.1. The van der Waals surface area contributed by atoms with Crippen LogP contribution < -0.4 is 4.74 Å². The molecule has 0 bridgehead atoms. The van der Waals surface area contributed by atoms with Gasteiger partial charge >= 0.3 is 0 Å². The van der Waals surface area contributed by atoms with Gasteiger partial charge in [0.15, 0.2) is 5.60 Å². The van der Waals surface area contributed by atoms with Gasteiger partial charge < -0.3 is 9.30 Å². The van der Waals surface area contributed by atoms with Crippen molar-refractivity contribution < 1.29 is 9.53 Å². The maximum Gasteiger partial charge on any atom is 0.227 e. The second-order valence-electron chi connectivity index (χ2n) is 5.56. The quantitative estimate of drug-likeness (QED) is 0.679. The minimum absolute atomic E-state index is 0.0418. The number of carbonyl (C=O) groups excluding carboxylic acids is 1. The number of ketones is 1. The van der Waals surface area contributed by atoms with Crippen molar-refractivity contribution in [1.82, 2.24) is 4.57 Å². The van der Waals surface area contributed by atoms with E-state index in [1.807, 2.05) is 84.4 Å². The Morgan fingerprint density at radius 2 is 1.64 bits per heavy atom. The van der Waals surface area contributed by atoms with Gasteiger partial charge in [-0.05, 0) is 31.2 Å². The number of para-hydroxylation sites is 2. The number of fused-ring (bicyclic) bond motifs is 3. The summed E-state index contributed by atoms with van der Waals surface area (Å²) in [6, 6.07) is 21.1. The molecule has 0 amide bonds. The van der Waals surface area contributed by atoms with Gasteiger partial charge in [-0.2, -0.15) is 0 Å². The Hall–Kier alpha value is -2.81. The van der Waals surface area contributed by atoms with Crippen LogP contribution >= 0.6 is 0 Å². The van der Waals surface area contributed by atoms with Crippen LogP contribution in [0.5, 0.6) is 5.75 Å². The molecular weight excluding hydrogens is 274 g/mol. The molecule has 0 N–H and O–H groups in total. The first-order valence-corrected chi connectivity index (χ1v) is 7.26. The van der Waals surface area contributed by atoms with Gasteiger partial charge in [0.05, 0.1) is 11.4 Å². The van der Waals surface area contributed by atoms with Crippen LogP contribution in [0.4, 0.5) is 0 Å². The summed E-state index contributed by atoms with van der Waals surface area (Å²) in [4.78, 5) is 13.1. The van der Waals surface area contributed by atoms with E-state index in [1.54, 1.807) is 0 Å². The SMILES string of the molecule is C[C@@]1(c2ccccc2)Oc2ccccc2-n2cccc2C1=O. The molecule has 1 aromatic heterocycles. The summed E-state index contributed by atoms with van der Waals surface area (Å²) in [5.41, 5.74) is 1.33. The molecule has 2 heterocycles. The smallest absolute Gasteiger partial charge is 0.227 e. The first-order chi connectivity index (χ1) is 10.7. The Balaban J connectivity index is 2.00. The second kappa shape index (κ2) is 4.60. The van der Waals surface area contributed by atoms with Crippen LogP contribution in [0.2, 0.25) is 0 Å². The van der Waals surface area contributed by atoms with Crippen LogP contribution in [0.25, 0.3) is 5.69 Å². The van der Waals surface area contributed by atoms with Crippen molar-refractivity contribution in [3.8, 4) is 11.4 Å². The summed E-state index contributed by atoms with van der Waals surface area (Å²) >= 11 is 0. The molecule has 22 heavy (non-hydrogen) atoms. The fourth-order valence-corrected chi connectivity index (χ4v) is 2.98. The standard InChI is InChI=1S/C19H15NO2/c1-19(14-8-3-2-4-9-14)18(21)16-11-7-13-20(16)15-10-5-6-12-17(15)22-19/h2-13H,1H3/t19-/m0/s1. The van der Waals surface area contributed by atoms with Crippen LogP contribution in [0, 0.1) is 0 Å². The van der Waals surface area contributed by atoms with Crippen LogP contribution in [0.15, 0.2) is 72.9 Å². The number of benzene rings is 2. The lowest BCUT2D eigenvalue weighted by atomic mass is 9.89. The molecule has 0 radical (unpaired) electrons. The summed E-state index contributed by atoms with van der Waals surface area (Å²) in [5, 5.41) is 0. The Morgan fingerprint density at radius 1 is 0.909 bits per heavy atom. The number of rotatable bonds is 1. The van der Waals surface area contributed by atoms with Crippen LogP contribution in [0.3, 0.4) is 0 Å². The average molecular weight is 289 g/mol. The Morgan fingerprint density at radius 3 is 2.45 bits per heavy atom. The van der Waals surface area contributed by atoms with E-state index in [-0.39, 0.29) is 5.78 Å². The van der Waals surface area contributed by atoms with Crippen LogP contribution in [-0.2, 0) is 5.60 Å². The lowest BCUT2D eigenvalue weighted by Crippen LogP contribution is -2.38. The molecule has 0 saturated heterocycles. The van der Waals surface area contributed by atoms with E-state index >= 15 is 0 Å². The number of hydrogen-bond donors (Lipinski definition) is 0. The summed E-state index contributed by atoms with van der Waals surface area (Å²) < 4.78 is 8.11. The highest BCUT2D eigenvalue weighted by atomic mass is 16.5. The summed E-state index contributed by atoms with van der Waals surface area (Å²) in [5.74, 6) is 0.664. The van der Waals surface area contributed by atoms with Crippen LogP contribution in [-0.4, -0.2) is 10.4 Å². The highest BCUT2D eigenvalue weighted by molar-refractivity contribution is 6.03. The Bertz CT molecular complexity index is 851.